The van der Waals surface area contributed by atoms with Crippen molar-refractivity contribution < 1.29 is 0 Å². The van der Waals surface area contributed by atoms with E-state index in [4.69, 9.17) is 9.97 Å². The molecule has 2 aliphatic carbocycles. The van der Waals surface area contributed by atoms with Crippen molar-refractivity contribution in [3.8, 4) is 11.4 Å². The van der Waals surface area contributed by atoms with Crippen LogP contribution in [-0.2, 0) is 19.4 Å². The van der Waals surface area contributed by atoms with E-state index in [2.05, 4.69) is 21.6 Å². The molecule has 0 bridgehead atoms. The third-order valence-electron chi connectivity index (χ3n) is 4.89. The summed E-state index contributed by atoms with van der Waals surface area (Å²) >= 11 is 0. The summed E-state index contributed by atoms with van der Waals surface area (Å²) in [5.41, 5.74) is 4.33. The van der Waals surface area contributed by atoms with Gasteiger partial charge in [0.1, 0.15) is 5.82 Å². The molecule has 3 aromatic rings. The summed E-state index contributed by atoms with van der Waals surface area (Å²) in [6, 6.07) is 3.92. The van der Waals surface area contributed by atoms with Crippen molar-refractivity contribution >= 4 is 11.5 Å². The molecule has 126 valence electrons. The molecule has 0 radical (unpaired) electrons. The molecule has 1 saturated carbocycles. The Morgan fingerprint density at radius 3 is 2.96 bits per heavy atom. The van der Waals surface area contributed by atoms with Crippen LogP contribution in [0.1, 0.15) is 30.5 Å². The third-order valence-corrected chi connectivity index (χ3v) is 4.89. The molecule has 25 heavy (non-hydrogen) atoms. The Labute approximate surface area is 146 Å². The van der Waals surface area contributed by atoms with Gasteiger partial charge in [-0.3, -0.25) is 9.67 Å². The fourth-order valence-corrected chi connectivity index (χ4v) is 3.39. The third kappa shape index (κ3) is 2.99. The van der Waals surface area contributed by atoms with Crippen molar-refractivity contribution in [1.82, 2.24) is 24.7 Å². The van der Waals surface area contributed by atoms with E-state index >= 15 is 0 Å². The van der Waals surface area contributed by atoms with E-state index in [0.29, 0.717) is 0 Å². The number of hydrogen-bond donors (Lipinski definition) is 1. The van der Waals surface area contributed by atoms with E-state index < -0.39 is 0 Å². The maximum absolute atomic E-state index is 4.79. The SMILES string of the molecule is c1cncc(-c2nc3c(c(Nc4cnn(CC5CC5)c4)n2)CCC3)c1. The zero-order valence-corrected chi connectivity index (χ0v) is 14.0. The molecule has 0 unspecified atom stereocenters. The second-order valence-electron chi connectivity index (χ2n) is 6.94. The van der Waals surface area contributed by atoms with E-state index in [1.54, 1.807) is 6.20 Å². The van der Waals surface area contributed by atoms with Gasteiger partial charge in [-0.15, -0.1) is 0 Å². The van der Waals surface area contributed by atoms with E-state index in [-0.39, 0.29) is 0 Å². The van der Waals surface area contributed by atoms with Crippen molar-refractivity contribution in [3.05, 3.63) is 48.2 Å². The van der Waals surface area contributed by atoms with Crippen LogP contribution in [0.25, 0.3) is 11.4 Å². The van der Waals surface area contributed by atoms with E-state index in [0.717, 1.165) is 60.3 Å². The minimum Gasteiger partial charge on any atom is -0.337 e. The molecule has 0 aliphatic heterocycles. The molecular formula is C19H20N6. The second-order valence-corrected chi connectivity index (χ2v) is 6.94. The van der Waals surface area contributed by atoms with Crippen LogP contribution in [-0.4, -0.2) is 24.7 Å². The summed E-state index contributed by atoms with van der Waals surface area (Å²) in [6.45, 7) is 1.02. The molecule has 5 rings (SSSR count). The van der Waals surface area contributed by atoms with Gasteiger partial charge in [-0.05, 0) is 50.2 Å². The lowest BCUT2D eigenvalue weighted by Crippen LogP contribution is -2.04. The molecule has 3 aromatic heterocycles. The number of aryl methyl sites for hydroxylation is 1. The second kappa shape index (κ2) is 5.95. The van der Waals surface area contributed by atoms with Crippen LogP contribution in [0.4, 0.5) is 11.5 Å². The molecule has 0 saturated heterocycles. The normalized spacial score (nSPS) is 16.0. The standard InChI is InChI=1S/C19H20N6/c1-4-16-17(5-1)23-18(14-3-2-8-20-9-14)24-19(16)22-15-10-21-25(12-15)11-13-6-7-13/h2-3,8-10,12-13H,1,4-7,11H2,(H,22,23,24). The Kier molecular flexibility index (Phi) is 3.47. The van der Waals surface area contributed by atoms with Crippen molar-refractivity contribution in [1.29, 1.82) is 0 Å². The number of rotatable bonds is 5. The number of hydrogen-bond acceptors (Lipinski definition) is 5. The Balaban J connectivity index is 1.47. The summed E-state index contributed by atoms with van der Waals surface area (Å²) in [6.07, 6.45) is 13.4. The molecule has 2 aliphatic rings. The molecule has 0 aromatic carbocycles. The van der Waals surface area contributed by atoms with E-state index in [9.17, 15) is 0 Å². The van der Waals surface area contributed by atoms with Crippen molar-refractivity contribution in [2.75, 3.05) is 5.32 Å². The van der Waals surface area contributed by atoms with Gasteiger partial charge in [0.2, 0.25) is 0 Å². The lowest BCUT2D eigenvalue weighted by atomic mass is 10.2. The summed E-state index contributed by atoms with van der Waals surface area (Å²) in [5, 5.41) is 7.94. The fourth-order valence-electron chi connectivity index (χ4n) is 3.39. The Bertz CT molecular complexity index is 898. The highest BCUT2D eigenvalue weighted by molar-refractivity contribution is 5.64. The lowest BCUT2D eigenvalue weighted by molar-refractivity contribution is 0.563. The zero-order valence-electron chi connectivity index (χ0n) is 14.0. The van der Waals surface area contributed by atoms with Gasteiger partial charge in [-0.25, -0.2) is 9.97 Å². The van der Waals surface area contributed by atoms with Crippen LogP contribution in [0.5, 0.6) is 0 Å². The van der Waals surface area contributed by atoms with Crippen LogP contribution in [0, 0.1) is 5.92 Å². The van der Waals surface area contributed by atoms with Crippen LogP contribution in [0.3, 0.4) is 0 Å². The van der Waals surface area contributed by atoms with Crippen LogP contribution >= 0.6 is 0 Å². The van der Waals surface area contributed by atoms with Gasteiger partial charge >= 0.3 is 0 Å². The molecular weight excluding hydrogens is 312 g/mol. The molecule has 0 amide bonds. The largest absolute Gasteiger partial charge is 0.337 e. The first kappa shape index (κ1) is 14.6. The van der Waals surface area contributed by atoms with Gasteiger partial charge in [0.25, 0.3) is 0 Å². The highest BCUT2D eigenvalue weighted by Gasteiger charge is 2.23. The lowest BCUT2D eigenvalue weighted by Gasteiger charge is -2.11. The highest BCUT2D eigenvalue weighted by atomic mass is 15.3. The van der Waals surface area contributed by atoms with Crippen molar-refractivity contribution in [2.24, 2.45) is 5.92 Å². The molecule has 1 N–H and O–H groups in total. The number of nitrogens with zero attached hydrogens (tertiary/aromatic N) is 5. The van der Waals surface area contributed by atoms with Crippen LogP contribution < -0.4 is 5.32 Å². The van der Waals surface area contributed by atoms with E-state index in [1.165, 1.54) is 18.4 Å². The summed E-state index contributed by atoms with van der Waals surface area (Å²) in [4.78, 5) is 13.8. The zero-order chi connectivity index (χ0) is 16.6. The summed E-state index contributed by atoms with van der Waals surface area (Å²) in [5.74, 6) is 2.46. The summed E-state index contributed by atoms with van der Waals surface area (Å²) < 4.78 is 2.03. The minimum absolute atomic E-state index is 0.738. The van der Waals surface area contributed by atoms with Gasteiger partial charge in [-0.1, -0.05) is 0 Å². The molecule has 6 nitrogen and oxygen atoms in total. The molecule has 0 spiro atoms. The average molecular weight is 332 g/mol. The predicted octanol–water partition coefficient (Wildman–Crippen LogP) is 3.38. The fraction of sp³-hybridized carbons (Fsp3) is 0.368. The van der Waals surface area contributed by atoms with Gasteiger partial charge in [-0.2, -0.15) is 5.10 Å². The first-order valence-corrected chi connectivity index (χ1v) is 8.95. The molecule has 3 heterocycles. The van der Waals surface area contributed by atoms with Crippen LogP contribution in [0.2, 0.25) is 0 Å². The van der Waals surface area contributed by atoms with Gasteiger partial charge < -0.3 is 5.32 Å². The van der Waals surface area contributed by atoms with Gasteiger partial charge in [0.15, 0.2) is 5.82 Å². The molecule has 6 heteroatoms. The maximum atomic E-state index is 4.79. The van der Waals surface area contributed by atoms with Crippen LogP contribution in [0.15, 0.2) is 36.9 Å². The number of fused-ring (bicyclic) bond motifs is 1. The number of anilines is 2. The van der Waals surface area contributed by atoms with Gasteiger partial charge in [0.05, 0.1) is 11.9 Å². The first-order chi connectivity index (χ1) is 12.3. The molecule has 1 fully saturated rings. The quantitative estimate of drug-likeness (QED) is 0.776. The number of aromatic nitrogens is 5. The first-order valence-electron chi connectivity index (χ1n) is 8.95. The predicted molar refractivity (Wildman–Crippen MR) is 95.5 cm³/mol. The van der Waals surface area contributed by atoms with Crippen molar-refractivity contribution in [2.45, 2.75) is 38.6 Å². The Morgan fingerprint density at radius 1 is 1.16 bits per heavy atom. The monoisotopic (exact) mass is 332 g/mol. The van der Waals surface area contributed by atoms with Gasteiger partial charge in [0, 0.05) is 42.0 Å². The summed E-state index contributed by atoms with van der Waals surface area (Å²) in [7, 11) is 0. The number of pyridine rings is 1. The van der Waals surface area contributed by atoms with Crippen molar-refractivity contribution in [3.63, 3.8) is 0 Å². The minimum atomic E-state index is 0.738. The Hall–Kier alpha value is -2.76. The average Bonchev–Trinajstić information content (AvgIpc) is 3.14. The highest BCUT2D eigenvalue weighted by Crippen LogP contribution is 2.32. The topological polar surface area (TPSA) is 68.5 Å². The maximum Gasteiger partial charge on any atom is 0.163 e. The Morgan fingerprint density at radius 2 is 2.12 bits per heavy atom. The smallest absolute Gasteiger partial charge is 0.163 e. The van der Waals surface area contributed by atoms with E-state index in [1.807, 2.05) is 29.2 Å². The number of nitrogens with one attached hydrogen (secondary N) is 1. The molecule has 0 atom stereocenters.